The van der Waals surface area contributed by atoms with Gasteiger partial charge < -0.3 is 15.7 Å². The van der Waals surface area contributed by atoms with Crippen LogP contribution in [0.1, 0.15) is 32.8 Å². The third kappa shape index (κ3) is 8.66. The summed E-state index contributed by atoms with van der Waals surface area (Å²) in [6.07, 6.45) is 1.47. The van der Waals surface area contributed by atoms with E-state index in [0.717, 1.165) is 6.42 Å². The molecule has 0 heterocycles. The number of hydrogen-bond acceptors (Lipinski definition) is 2. The molecule has 100 valence electrons. The standard InChI is InChI=1S/C13H18O2.Na.2H2O.H/c1-4-13(14)15-12-7-5-11(6-8-12)9-10(2)3;;;;/h5-8,10H,4,9H2,1-3H3;;2*1H2;. The summed E-state index contributed by atoms with van der Waals surface area (Å²) in [7, 11) is 0. The van der Waals surface area contributed by atoms with Gasteiger partial charge in [0.05, 0.1) is 0 Å². The molecule has 0 amide bonds. The van der Waals surface area contributed by atoms with Gasteiger partial charge >= 0.3 is 35.5 Å². The maximum atomic E-state index is 11.0. The number of rotatable bonds is 4. The van der Waals surface area contributed by atoms with Gasteiger partial charge in [-0.05, 0) is 30.0 Å². The van der Waals surface area contributed by atoms with Gasteiger partial charge in [0.2, 0.25) is 0 Å². The van der Waals surface area contributed by atoms with E-state index < -0.39 is 0 Å². The topological polar surface area (TPSA) is 89.3 Å². The first kappa shape index (κ1) is 22.8. The predicted molar refractivity (Wildman–Crippen MR) is 75.3 cm³/mol. The third-order valence-electron chi connectivity index (χ3n) is 2.09. The fourth-order valence-corrected chi connectivity index (χ4v) is 1.37. The molecule has 1 aromatic rings. The third-order valence-corrected chi connectivity index (χ3v) is 2.09. The molecule has 0 aliphatic rings. The van der Waals surface area contributed by atoms with Gasteiger partial charge in [-0.15, -0.1) is 0 Å². The molecular formula is C13H23NaO4. The van der Waals surface area contributed by atoms with E-state index in [1.807, 2.05) is 24.3 Å². The van der Waals surface area contributed by atoms with Crippen molar-refractivity contribution in [1.82, 2.24) is 0 Å². The second kappa shape index (κ2) is 11.7. The molecule has 0 aliphatic carbocycles. The molecule has 0 fully saturated rings. The molecular weight excluding hydrogens is 243 g/mol. The number of hydrogen-bond donors (Lipinski definition) is 0. The summed E-state index contributed by atoms with van der Waals surface area (Å²) >= 11 is 0. The number of carbonyl (C=O) groups is 1. The Hall–Kier alpha value is -0.390. The predicted octanol–water partition coefficient (Wildman–Crippen LogP) is 0.903. The molecule has 0 aliphatic heterocycles. The van der Waals surface area contributed by atoms with Gasteiger partial charge in [0, 0.05) is 6.42 Å². The summed E-state index contributed by atoms with van der Waals surface area (Å²) in [6.45, 7) is 6.16. The fourth-order valence-electron chi connectivity index (χ4n) is 1.37. The van der Waals surface area contributed by atoms with Crippen LogP contribution >= 0.6 is 0 Å². The Balaban J connectivity index is -0.000000750. The first-order valence-electron chi connectivity index (χ1n) is 5.41. The number of benzene rings is 1. The Bertz CT molecular complexity index is 322. The second-order valence-corrected chi connectivity index (χ2v) is 4.07. The van der Waals surface area contributed by atoms with Gasteiger partial charge in [0.25, 0.3) is 0 Å². The minimum absolute atomic E-state index is 0. The molecule has 0 atom stereocenters. The molecule has 4 N–H and O–H groups in total. The van der Waals surface area contributed by atoms with E-state index in [4.69, 9.17) is 4.74 Å². The molecule has 0 spiro atoms. The van der Waals surface area contributed by atoms with Crippen molar-refractivity contribution >= 4 is 35.5 Å². The summed E-state index contributed by atoms with van der Waals surface area (Å²) in [4.78, 5) is 11.0. The van der Waals surface area contributed by atoms with Crippen LogP contribution in [0.15, 0.2) is 24.3 Å². The summed E-state index contributed by atoms with van der Waals surface area (Å²) in [5.41, 5.74) is 1.28. The molecule has 1 aromatic carbocycles. The van der Waals surface area contributed by atoms with Gasteiger partial charge in [-0.3, -0.25) is 4.79 Å². The average Bonchev–Trinajstić information content (AvgIpc) is 2.20. The Morgan fingerprint density at radius 1 is 1.17 bits per heavy atom. The minimum atomic E-state index is -0.188. The van der Waals surface area contributed by atoms with Crippen molar-refractivity contribution in [2.75, 3.05) is 0 Å². The normalized spacial score (nSPS) is 8.67. The molecule has 4 nitrogen and oxygen atoms in total. The summed E-state index contributed by atoms with van der Waals surface area (Å²) in [5.74, 6) is 1.09. The summed E-state index contributed by atoms with van der Waals surface area (Å²) in [5, 5.41) is 0. The van der Waals surface area contributed by atoms with Crippen molar-refractivity contribution < 1.29 is 20.5 Å². The van der Waals surface area contributed by atoms with Crippen LogP contribution in [0.25, 0.3) is 0 Å². The van der Waals surface area contributed by atoms with Gasteiger partial charge in [0.1, 0.15) is 5.75 Å². The average molecular weight is 266 g/mol. The quantitative estimate of drug-likeness (QED) is 0.460. The van der Waals surface area contributed by atoms with Gasteiger partial charge in [0.15, 0.2) is 0 Å². The molecule has 0 saturated carbocycles. The molecule has 0 saturated heterocycles. The van der Waals surface area contributed by atoms with E-state index in [0.29, 0.717) is 18.1 Å². The molecule has 5 heteroatoms. The zero-order valence-electron chi connectivity index (χ0n) is 10.6. The van der Waals surface area contributed by atoms with Crippen LogP contribution in [0.2, 0.25) is 0 Å². The van der Waals surface area contributed by atoms with Crippen LogP contribution in [0.3, 0.4) is 0 Å². The Labute approximate surface area is 131 Å². The van der Waals surface area contributed by atoms with Crippen molar-refractivity contribution in [3.63, 3.8) is 0 Å². The molecule has 0 aromatic heterocycles. The first-order valence-corrected chi connectivity index (χ1v) is 5.41. The molecule has 0 radical (unpaired) electrons. The first-order chi connectivity index (χ1) is 7.11. The van der Waals surface area contributed by atoms with Gasteiger partial charge in [-0.1, -0.05) is 32.9 Å². The van der Waals surface area contributed by atoms with Gasteiger partial charge in [-0.25, -0.2) is 0 Å². The molecule has 18 heavy (non-hydrogen) atoms. The van der Waals surface area contributed by atoms with Crippen molar-refractivity contribution in [3.05, 3.63) is 29.8 Å². The molecule has 0 unspecified atom stereocenters. The molecule has 0 bridgehead atoms. The van der Waals surface area contributed by atoms with E-state index in [1.54, 1.807) is 6.92 Å². The zero-order chi connectivity index (χ0) is 11.3. The van der Waals surface area contributed by atoms with Crippen molar-refractivity contribution in [2.45, 2.75) is 33.6 Å². The SMILES string of the molecule is CCC(=O)Oc1ccc(CC(C)C)cc1.O.O.[NaH]. The van der Waals surface area contributed by atoms with Crippen LogP contribution in [0.5, 0.6) is 5.75 Å². The van der Waals surface area contributed by atoms with Crippen LogP contribution < -0.4 is 4.74 Å². The Kier molecular flexibility index (Phi) is 14.8. The van der Waals surface area contributed by atoms with Crippen molar-refractivity contribution in [3.8, 4) is 5.75 Å². The van der Waals surface area contributed by atoms with Crippen molar-refractivity contribution in [2.24, 2.45) is 5.92 Å². The van der Waals surface area contributed by atoms with E-state index in [2.05, 4.69) is 13.8 Å². The summed E-state index contributed by atoms with van der Waals surface area (Å²) < 4.78 is 5.08. The van der Waals surface area contributed by atoms with E-state index in [-0.39, 0.29) is 46.5 Å². The van der Waals surface area contributed by atoms with Crippen LogP contribution in [0.4, 0.5) is 0 Å². The Morgan fingerprint density at radius 3 is 2.06 bits per heavy atom. The van der Waals surface area contributed by atoms with Crippen LogP contribution in [0, 0.1) is 5.92 Å². The van der Waals surface area contributed by atoms with Gasteiger partial charge in [-0.2, -0.15) is 0 Å². The number of carbonyl (C=O) groups excluding carboxylic acids is 1. The van der Waals surface area contributed by atoms with Crippen molar-refractivity contribution in [1.29, 1.82) is 0 Å². The second-order valence-electron chi connectivity index (χ2n) is 4.07. The molecule has 1 rings (SSSR count). The monoisotopic (exact) mass is 266 g/mol. The Morgan fingerprint density at radius 2 is 1.67 bits per heavy atom. The van der Waals surface area contributed by atoms with E-state index in [9.17, 15) is 4.79 Å². The number of esters is 1. The zero-order valence-corrected chi connectivity index (χ0v) is 10.6. The summed E-state index contributed by atoms with van der Waals surface area (Å²) in [6, 6.07) is 7.73. The van der Waals surface area contributed by atoms with E-state index >= 15 is 0 Å². The number of ether oxygens (including phenoxy) is 1. The van der Waals surface area contributed by atoms with Crippen LogP contribution in [-0.4, -0.2) is 46.5 Å². The van der Waals surface area contributed by atoms with Crippen LogP contribution in [-0.2, 0) is 11.2 Å². The maximum absolute atomic E-state index is 11.0. The van der Waals surface area contributed by atoms with E-state index in [1.165, 1.54) is 5.56 Å². The fraction of sp³-hybridized carbons (Fsp3) is 0.462.